The highest BCUT2D eigenvalue weighted by atomic mass is 35.5. The topological polar surface area (TPSA) is 105 Å². The lowest BCUT2D eigenvalue weighted by molar-refractivity contribution is -0.140. The molecule has 0 radical (unpaired) electrons. The maximum absolute atomic E-state index is 14.6. The summed E-state index contributed by atoms with van der Waals surface area (Å²) in [6, 6.07) is 21.7. The van der Waals surface area contributed by atoms with Crippen molar-refractivity contribution in [1.82, 2.24) is 10.2 Å². The predicted octanol–water partition coefficient (Wildman–Crippen LogP) is 6.90. The van der Waals surface area contributed by atoms with E-state index in [0.29, 0.717) is 17.9 Å². The van der Waals surface area contributed by atoms with Crippen molar-refractivity contribution in [2.24, 2.45) is 0 Å². The molecule has 0 bridgehead atoms. The molecule has 4 rings (SSSR count). The van der Waals surface area contributed by atoms with Gasteiger partial charge < -0.3 is 19.7 Å². The van der Waals surface area contributed by atoms with Crippen molar-refractivity contribution >= 4 is 50.7 Å². The van der Waals surface area contributed by atoms with E-state index in [4.69, 9.17) is 32.7 Å². The standard InChI is InChI=1S/C36H38Cl2FN3O6S/c1-4-5-20-40-36(44)32(21-25-10-7-6-8-11-25)41(23-29-30(37)12-9-13-31(29)38)35(43)24-42(27-16-14-26(39)15-17-27)49(45,46)28-18-19-33(47-2)34(22-28)48-3/h6-19,22,32H,4-5,20-21,23-24H2,1-3H3,(H,40,44)/t32-/m1/s1. The van der Waals surface area contributed by atoms with Gasteiger partial charge in [0.2, 0.25) is 11.8 Å². The Labute approximate surface area is 296 Å². The van der Waals surface area contributed by atoms with E-state index in [1.54, 1.807) is 18.2 Å². The summed E-state index contributed by atoms with van der Waals surface area (Å²) in [5.74, 6) is -1.30. The second kappa shape index (κ2) is 17.4. The number of nitrogens with one attached hydrogen (secondary N) is 1. The summed E-state index contributed by atoms with van der Waals surface area (Å²) in [4.78, 5) is 29.6. The monoisotopic (exact) mass is 729 g/mol. The number of ether oxygens (including phenoxy) is 2. The minimum Gasteiger partial charge on any atom is -0.493 e. The van der Waals surface area contributed by atoms with Gasteiger partial charge in [-0.3, -0.25) is 13.9 Å². The van der Waals surface area contributed by atoms with E-state index < -0.39 is 40.2 Å². The third-order valence-electron chi connectivity index (χ3n) is 7.83. The predicted molar refractivity (Wildman–Crippen MR) is 189 cm³/mol. The SMILES string of the molecule is CCCCNC(=O)[C@@H](Cc1ccccc1)N(Cc1c(Cl)cccc1Cl)C(=O)CN(c1ccc(F)cc1)S(=O)(=O)c1ccc(OC)c(OC)c1. The Morgan fingerprint density at radius 2 is 1.53 bits per heavy atom. The Kier molecular flexibility index (Phi) is 13.3. The van der Waals surface area contributed by atoms with Gasteiger partial charge in [-0.2, -0.15) is 0 Å². The smallest absolute Gasteiger partial charge is 0.264 e. The van der Waals surface area contributed by atoms with Crippen LogP contribution in [0.25, 0.3) is 0 Å². The van der Waals surface area contributed by atoms with Crippen LogP contribution in [0, 0.1) is 5.82 Å². The Bertz CT molecular complexity index is 1830. The Morgan fingerprint density at radius 1 is 0.878 bits per heavy atom. The first-order valence-corrected chi connectivity index (χ1v) is 17.7. The average molecular weight is 731 g/mol. The highest BCUT2D eigenvalue weighted by molar-refractivity contribution is 7.92. The van der Waals surface area contributed by atoms with Crippen molar-refractivity contribution in [1.29, 1.82) is 0 Å². The lowest BCUT2D eigenvalue weighted by Gasteiger charge is -2.34. The first-order valence-electron chi connectivity index (χ1n) is 15.5. The van der Waals surface area contributed by atoms with Gasteiger partial charge in [0.05, 0.1) is 24.8 Å². The average Bonchev–Trinajstić information content (AvgIpc) is 3.10. The maximum atomic E-state index is 14.6. The summed E-state index contributed by atoms with van der Waals surface area (Å²) in [7, 11) is -1.71. The number of nitrogens with zero attached hydrogens (tertiary/aromatic N) is 2. The van der Waals surface area contributed by atoms with Crippen LogP contribution in [0.3, 0.4) is 0 Å². The van der Waals surface area contributed by atoms with Crippen LogP contribution in [0.15, 0.2) is 95.9 Å². The zero-order chi connectivity index (χ0) is 35.6. The van der Waals surface area contributed by atoms with Gasteiger partial charge in [0.15, 0.2) is 11.5 Å². The number of hydrogen-bond donors (Lipinski definition) is 1. The van der Waals surface area contributed by atoms with Crippen LogP contribution in [0.5, 0.6) is 11.5 Å². The normalized spacial score (nSPS) is 11.8. The van der Waals surface area contributed by atoms with Crippen LogP contribution in [0.2, 0.25) is 10.0 Å². The summed E-state index contributed by atoms with van der Waals surface area (Å²) in [6.07, 6.45) is 1.67. The molecular formula is C36H38Cl2FN3O6S. The molecule has 1 atom stereocenters. The lowest BCUT2D eigenvalue weighted by atomic mass is 10.0. The zero-order valence-electron chi connectivity index (χ0n) is 27.4. The van der Waals surface area contributed by atoms with E-state index >= 15 is 0 Å². The van der Waals surface area contributed by atoms with Gasteiger partial charge in [-0.05, 0) is 60.5 Å². The number of benzene rings is 4. The number of hydrogen-bond acceptors (Lipinski definition) is 6. The molecule has 0 unspecified atom stereocenters. The first-order chi connectivity index (χ1) is 23.5. The van der Waals surface area contributed by atoms with Crippen LogP contribution in [0.1, 0.15) is 30.9 Å². The number of carbonyl (C=O) groups is 2. The van der Waals surface area contributed by atoms with Crippen LogP contribution in [-0.4, -0.2) is 58.5 Å². The number of unbranched alkanes of at least 4 members (excludes halogenated alkanes) is 1. The summed E-state index contributed by atoms with van der Waals surface area (Å²) < 4.78 is 54.2. The second-order valence-electron chi connectivity index (χ2n) is 11.1. The summed E-state index contributed by atoms with van der Waals surface area (Å²) in [6.45, 7) is 1.41. The van der Waals surface area contributed by atoms with Gasteiger partial charge in [-0.15, -0.1) is 0 Å². The molecule has 0 aliphatic carbocycles. The van der Waals surface area contributed by atoms with Crippen molar-refractivity contribution in [2.75, 3.05) is 31.6 Å². The Balaban J connectivity index is 1.84. The zero-order valence-corrected chi connectivity index (χ0v) is 29.7. The fourth-order valence-corrected chi connectivity index (χ4v) is 7.10. The molecule has 49 heavy (non-hydrogen) atoms. The quantitative estimate of drug-likeness (QED) is 0.126. The molecule has 0 aromatic heterocycles. The summed E-state index contributed by atoms with van der Waals surface area (Å²) in [5, 5.41) is 3.46. The maximum Gasteiger partial charge on any atom is 0.264 e. The van der Waals surface area contributed by atoms with E-state index in [0.717, 1.165) is 34.8 Å². The molecule has 4 aromatic carbocycles. The molecule has 9 nitrogen and oxygen atoms in total. The van der Waals surface area contributed by atoms with Gasteiger partial charge in [0.25, 0.3) is 10.0 Å². The van der Waals surface area contributed by atoms with Crippen molar-refractivity contribution in [3.05, 3.63) is 118 Å². The highest BCUT2D eigenvalue weighted by Crippen LogP contribution is 2.33. The second-order valence-corrected chi connectivity index (χ2v) is 13.8. The van der Waals surface area contributed by atoms with Crippen LogP contribution >= 0.6 is 23.2 Å². The van der Waals surface area contributed by atoms with E-state index in [1.807, 2.05) is 37.3 Å². The molecule has 2 amide bonds. The lowest BCUT2D eigenvalue weighted by Crippen LogP contribution is -2.53. The van der Waals surface area contributed by atoms with Gasteiger partial charge in [0.1, 0.15) is 18.4 Å². The van der Waals surface area contributed by atoms with E-state index in [-0.39, 0.29) is 39.3 Å². The molecular weight excluding hydrogens is 692 g/mol. The largest absolute Gasteiger partial charge is 0.493 e. The minimum atomic E-state index is -4.49. The molecule has 4 aromatic rings. The van der Waals surface area contributed by atoms with Crippen molar-refractivity contribution in [3.63, 3.8) is 0 Å². The Morgan fingerprint density at radius 3 is 2.14 bits per heavy atom. The van der Waals surface area contributed by atoms with Gasteiger partial charge in [-0.25, -0.2) is 12.8 Å². The molecule has 0 aliphatic heterocycles. The molecule has 0 heterocycles. The summed E-state index contributed by atoms with van der Waals surface area (Å²) >= 11 is 13.1. The molecule has 0 saturated heterocycles. The summed E-state index contributed by atoms with van der Waals surface area (Å²) in [5.41, 5.74) is 1.18. The molecule has 1 N–H and O–H groups in total. The van der Waals surface area contributed by atoms with Crippen LogP contribution in [-0.2, 0) is 32.6 Å². The van der Waals surface area contributed by atoms with Crippen molar-refractivity contribution in [2.45, 2.75) is 43.7 Å². The fraction of sp³-hybridized carbons (Fsp3) is 0.278. The van der Waals surface area contributed by atoms with E-state index in [1.165, 1.54) is 49.5 Å². The van der Waals surface area contributed by atoms with Crippen LogP contribution in [0.4, 0.5) is 10.1 Å². The Hall–Kier alpha value is -4.32. The molecule has 0 aliphatic rings. The number of amides is 2. The molecule has 260 valence electrons. The van der Waals surface area contributed by atoms with Crippen LogP contribution < -0.4 is 19.1 Å². The van der Waals surface area contributed by atoms with Crippen molar-refractivity contribution in [3.8, 4) is 11.5 Å². The third kappa shape index (κ3) is 9.44. The molecule has 0 spiro atoms. The van der Waals surface area contributed by atoms with Crippen molar-refractivity contribution < 1.29 is 31.9 Å². The van der Waals surface area contributed by atoms with Gasteiger partial charge in [-0.1, -0.05) is 72.9 Å². The highest BCUT2D eigenvalue weighted by Gasteiger charge is 2.35. The number of anilines is 1. The number of rotatable bonds is 16. The molecule has 0 saturated carbocycles. The van der Waals surface area contributed by atoms with Gasteiger partial charge in [0, 0.05) is 41.2 Å². The number of halogens is 3. The first kappa shape index (κ1) is 37.5. The third-order valence-corrected chi connectivity index (χ3v) is 10.3. The fourth-order valence-electron chi connectivity index (χ4n) is 5.15. The molecule has 13 heteroatoms. The number of sulfonamides is 1. The van der Waals surface area contributed by atoms with Gasteiger partial charge >= 0.3 is 0 Å². The minimum absolute atomic E-state index is 0.0206. The number of methoxy groups -OCH3 is 2. The van der Waals surface area contributed by atoms with E-state index in [9.17, 15) is 22.4 Å². The number of carbonyl (C=O) groups excluding carboxylic acids is 2. The molecule has 0 fully saturated rings. The van der Waals surface area contributed by atoms with E-state index in [2.05, 4.69) is 5.32 Å².